The average molecular weight is 323 g/mol. The molecule has 1 aromatic carbocycles. The topological polar surface area (TPSA) is 71.1 Å². The standard InChI is InChI=1S/C19H21N3O2/c1-12-5-6-13(2)17(8-12)22-19(24)16-9-15(16)18(23)21-11-14-4-3-7-20-10-14/h3-8,10,15-16H,9,11H2,1-2H3,(H,21,23)(H,22,24). The molecular weight excluding hydrogens is 302 g/mol. The van der Waals surface area contributed by atoms with Crippen molar-refractivity contribution in [1.29, 1.82) is 0 Å². The summed E-state index contributed by atoms with van der Waals surface area (Å²) in [5.41, 5.74) is 3.88. The smallest absolute Gasteiger partial charge is 0.228 e. The maximum Gasteiger partial charge on any atom is 0.228 e. The van der Waals surface area contributed by atoms with Gasteiger partial charge in [-0.05, 0) is 49.1 Å². The zero-order valence-electron chi connectivity index (χ0n) is 13.9. The lowest BCUT2D eigenvalue weighted by atomic mass is 10.1. The lowest BCUT2D eigenvalue weighted by Gasteiger charge is -2.09. The zero-order chi connectivity index (χ0) is 17.1. The zero-order valence-corrected chi connectivity index (χ0v) is 13.9. The van der Waals surface area contributed by atoms with Crippen LogP contribution in [0.5, 0.6) is 0 Å². The second-order valence-electron chi connectivity index (χ2n) is 6.34. The van der Waals surface area contributed by atoms with E-state index in [1.165, 1.54) is 0 Å². The summed E-state index contributed by atoms with van der Waals surface area (Å²) >= 11 is 0. The molecule has 2 N–H and O–H groups in total. The molecule has 1 heterocycles. The van der Waals surface area contributed by atoms with Gasteiger partial charge in [0.2, 0.25) is 11.8 Å². The number of hydrogen-bond acceptors (Lipinski definition) is 3. The highest BCUT2D eigenvalue weighted by Gasteiger charge is 2.47. The maximum atomic E-state index is 12.3. The molecule has 3 rings (SSSR count). The first-order valence-corrected chi connectivity index (χ1v) is 8.09. The Morgan fingerprint density at radius 3 is 2.71 bits per heavy atom. The summed E-state index contributed by atoms with van der Waals surface area (Å²) in [4.78, 5) is 28.5. The lowest BCUT2D eigenvalue weighted by molar-refractivity contribution is -0.125. The molecule has 1 aliphatic carbocycles. The second kappa shape index (κ2) is 6.83. The summed E-state index contributed by atoms with van der Waals surface area (Å²) in [7, 11) is 0. The third kappa shape index (κ3) is 3.79. The monoisotopic (exact) mass is 323 g/mol. The Hall–Kier alpha value is -2.69. The third-order valence-corrected chi connectivity index (χ3v) is 4.30. The van der Waals surface area contributed by atoms with Crippen LogP contribution in [0.25, 0.3) is 0 Å². The number of pyridine rings is 1. The Labute approximate surface area is 141 Å². The molecule has 5 nitrogen and oxygen atoms in total. The Morgan fingerprint density at radius 2 is 1.96 bits per heavy atom. The summed E-state index contributed by atoms with van der Waals surface area (Å²) in [6.07, 6.45) is 4.02. The number of aryl methyl sites for hydroxylation is 2. The Balaban J connectivity index is 1.52. The van der Waals surface area contributed by atoms with Crippen LogP contribution in [0.3, 0.4) is 0 Å². The predicted octanol–water partition coefficient (Wildman–Crippen LogP) is 2.59. The SMILES string of the molecule is Cc1ccc(C)c(NC(=O)C2CC2C(=O)NCc2cccnc2)c1. The molecule has 1 fully saturated rings. The number of amides is 2. The maximum absolute atomic E-state index is 12.3. The fourth-order valence-electron chi connectivity index (χ4n) is 2.69. The molecule has 2 aromatic rings. The van der Waals surface area contributed by atoms with Crippen LogP contribution in [-0.4, -0.2) is 16.8 Å². The van der Waals surface area contributed by atoms with Crippen LogP contribution in [0.15, 0.2) is 42.7 Å². The van der Waals surface area contributed by atoms with Gasteiger partial charge in [0.15, 0.2) is 0 Å². The second-order valence-corrected chi connectivity index (χ2v) is 6.34. The molecule has 0 saturated heterocycles. The van der Waals surface area contributed by atoms with Crippen molar-refractivity contribution in [3.8, 4) is 0 Å². The van der Waals surface area contributed by atoms with E-state index >= 15 is 0 Å². The number of nitrogens with one attached hydrogen (secondary N) is 2. The largest absolute Gasteiger partial charge is 0.352 e. The minimum atomic E-state index is -0.237. The van der Waals surface area contributed by atoms with Crippen molar-refractivity contribution in [3.63, 3.8) is 0 Å². The lowest BCUT2D eigenvalue weighted by Crippen LogP contribution is -2.27. The third-order valence-electron chi connectivity index (χ3n) is 4.30. The molecule has 1 aromatic heterocycles. The summed E-state index contributed by atoms with van der Waals surface area (Å²) in [6, 6.07) is 9.68. The number of anilines is 1. The van der Waals surface area contributed by atoms with E-state index in [9.17, 15) is 9.59 Å². The van der Waals surface area contributed by atoms with Crippen LogP contribution in [0.4, 0.5) is 5.69 Å². The molecule has 0 aliphatic heterocycles. The molecule has 124 valence electrons. The first kappa shape index (κ1) is 16.2. The van der Waals surface area contributed by atoms with Crippen molar-refractivity contribution in [2.75, 3.05) is 5.32 Å². The fourth-order valence-corrected chi connectivity index (χ4v) is 2.69. The van der Waals surface area contributed by atoms with Crippen molar-refractivity contribution >= 4 is 17.5 Å². The number of carbonyl (C=O) groups is 2. The summed E-state index contributed by atoms with van der Waals surface area (Å²) in [5.74, 6) is -0.615. The van der Waals surface area contributed by atoms with Gasteiger partial charge in [0.25, 0.3) is 0 Å². The highest BCUT2D eigenvalue weighted by molar-refractivity contribution is 5.99. The van der Waals surface area contributed by atoms with Crippen LogP contribution < -0.4 is 10.6 Å². The highest BCUT2D eigenvalue weighted by atomic mass is 16.2. The minimum absolute atomic E-state index is 0.0695. The molecule has 1 aliphatic rings. The van der Waals surface area contributed by atoms with Gasteiger partial charge >= 0.3 is 0 Å². The molecule has 5 heteroatoms. The first-order chi connectivity index (χ1) is 11.5. The molecule has 0 radical (unpaired) electrons. The van der Waals surface area contributed by atoms with Crippen LogP contribution >= 0.6 is 0 Å². The Morgan fingerprint density at radius 1 is 1.17 bits per heavy atom. The van der Waals surface area contributed by atoms with Gasteiger partial charge in [-0.15, -0.1) is 0 Å². The Kier molecular flexibility index (Phi) is 4.60. The molecule has 0 bridgehead atoms. The molecule has 2 amide bonds. The van der Waals surface area contributed by atoms with Crippen molar-refractivity contribution < 1.29 is 9.59 Å². The van der Waals surface area contributed by atoms with Gasteiger partial charge in [-0.1, -0.05) is 18.2 Å². The number of carbonyl (C=O) groups excluding carboxylic acids is 2. The van der Waals surface area contributed by atoms with Crippen LogP contribution in [0.2, 0.25) is 0 Å². The minimum Gasteiger partial charge on any atom is -0.352 e. The van der Waals surface area contributed by atoms with Crippen molar-refractivity contribution in [2.24, 2.45) is 11.8 Å². The van der Waals surface area contributed by atoms with Crippen LogP contribution in [-0.2, 0) is 16.1 Å². The number of rotatable bonds is 5. The Bertz CT molecular complexity index is 758. The van der Waals surface area contributed by atoms with Crippen molar-refractivity contribution in [1.82, 2.24) is 10.3 Å². The van der Waals surface area contributed by atoms with E-state index in [0.29, 0.717) is 13.0 Å². The quantitative estimate of drug-likeness (QED) is 0.888. The molecule has 24 heavy (non-hydrogen) atoms. The van der Waals surface area contributed by atoms with Gasteiger partial charge < -0.3 is 10.6 Å². The van der Waals surface area contributed by atoms with E-state index in [-0.39, 0.29) is 23.7 Å². The van der Waals surface area contributed by atoms with Crippen LogP contribution in [0, 0.1) is 25.7 Å². The highest BCUT2D eigenvalue weighted by Crippen LogP contribution is 2.39. The molecular formula is C19H21N3O2. The number of aromatic nitrogens is 1. The van der Waals surface area contributed by atoms with Crippen molar-refractivity contribution in [2.45, 2.75) is 26.8 Å². The number of hydrogen-bond donors (Lipinski definition) is 2. The van der Waals surface area contributed by atoms with Gasteiger partial charge in [-0.3, -0.25) is 14.6 Å². The van der Waals surface area contributed by atoms with E-state index < -0.39 is 0 Å². The normalized spacial score (nSPS) is 18.8. The van der Waals surface area contributed by atoms with Crippen molar-refractivity contribution in [3.05, 3.63) is 59.4 Å². The van der Waals surface area contributed by atoms with Gasteiger partial charge in [-0.25, -0.2) is 0 Å². The number of nitrogens with zero attached hydrogens (tertiary/aromatic N) is 1. The number of benzene rings is 1. The van der Waals surface area contributed by atoms with Crippen LogP contribution in [0.1, 0.15) is 23.1 Å². The summed E-state index contributed by atoms with van der Waals surface area (Å²) in [6.45, 7) is 4.38. The fraction of sp³-hybridized carbons (Fsp3) is 0.316. The summed E-state index contributed by atoms with van der Waals surface area (Å²) in [5, 5.41) is 5.81. The van der Waals surface area contributed by atoms with E-state index in [4.69, 9.17) is 0 Å². The molecule has 2 atom stereocenters. The first-order valence-electron chi connectivity index (χ1n) is 8.09. The van der Waals surface area contributed by atoms with E-state index in [1.54, 1.807) is 12.4 Å². The average Bonchev–Trinajstić information content (AvgIpc) is 3.38. The van der Waals surface area contributed by atoms with Gasteiger partial charge in [-0.2, -0.15) is 0 Å². The van der Waals surface area contributed by atoms with E-state index in [0.717, 1.165) is 22.4 Å². The molecule has 1 saturated carbocycles. The van der Waals surface area contributed by atoms with E-state index in [1.807, 2.05) is 44.2 Å². The summed E-state index contributed by atoms with van der Waals surface area (Å²) < 4.78 is 0. The van der Waals surface area contributed by atoms with Gasteiger partial charge in [0.05, 0.1) is 11.8 Å². The molecule has 2 unspecified atom stereocenters. The molecule has 0 spiro atoms. The predicted molar refractivity (Wildman–Crippen MR) is 92.2 cm³/mol. The van der Waals surface area contributed by atoms with Gasteiger partial charge in [0, 0.05) is 24.6 Å². The van der Waals surface area contributed by atoms with E-state index in [2.05, 4.69) is 15.6 Å². The van der Waals surface area contributed by atoms with Gasteiger partial charge in [0.1, 0.15) is 0 Å².